The molecule has 162 valence electrons. The first-order valence-electron chi connectivity index (χ1n) is 10.9. The third-order valence-corrected chi connectivity index (χ3v) is 6.30. The van der Waals surface area contributed by atoms with Gasteiger partial charge in [-0.1, -0.05) is 12.2 Å². The van der Waals surface area contributed by atoms with Crippen molar-refractivity contribution in [2.75, 3.05) is 46.1 Å². The van der Waals surface area contributed by atoms with Crippen molar-refractivity contribution in [1.29, 1.82) is 0 Å². The molecule has 0 bridgehead atoms. The highest BCUT2D eigenvalue weighted by Gasteiger charge is 2.32. The van der Waals surface area contributed by atoms with E-state index in [2.05, 4.69) is 22.4 Å². The number of hydrogen-bond donors (Lipinski definition) is 3. The van der Waals surface area contributed by atoms with E-state index in [0.717, 1.165) is 38.8 Å². The molecule has 2 aliphatic heterocycles. The van der Waals surface area contributed by atoms with Crippen molar-refractivity contribution in [2.45, 2.75) is 63.6 Å². The molecule has 0 amide bonds. The van der Waals surface area contributed by atoms with E-state index >= 15 is 0 Å². The molecule has 3 unspecified atom stereocenters. The molecular weight excluding hydrogens is 360 g/mol. The molecule has 1 aliphatic carbocycles. The summed E-state index contributed by atoms with van der Waals surface area (Å²) in [6.45, 7) is 6.52. The zero-order chi connectivity index (χ0) is 19.8. The van der Waals surface area contributed by atoms with Gasteiger partial charge in [0.25, 0.3) is 0 Å². The number of rotatable bonds is 8. The predicted molar refractivity (Wildman–Crippen MR) is 107 cm³/mol. The highest BCUT2D eigenvalue weighted by atomic mass is 16.5. The normalized spacial score (nSPS) is 33.2. The van der Waals surface area contributed by atoms with Crippen molar-refractivity contribution in [3.8, 4) is 0 Å². The van der Waals surface area contributed by atoms with Gasteiger partial charge in [0, 0.05) is 19.0 Å². The first-order chi connectivity index (χ1) is 13.6. The largest absolute Gasteiger partial charge is 0.379 e. The number of ether oxygens (including phenoxy) is 3. The van der Waals surface area contributed by atoms with Crippen LogP contribution in [0.4, 0.5) is 0 Å². The minimum atomic E-state index is -0.695. The number of hydrogen-bond acceptors (Lipinski definition) is 7. The Morgan fingerprint density at radius 2 is 1.93 bits per heavy atom. The molecule has 2 saturated heterocycles. The summed E-state index contributed by atoms with van der Waals surface area (Å²) in [7, 11) is 0. The van der Waals surface area contributed by atoms with Crippen LogP contribution in [0.2, 0.25) is 0 Å². The summed E-state index contributed by atoms with van der Waals surface area (Å²) in [5, 5.41) is 25.2. The number of nitrogens with zero attached hydrogens (tertiary/aromatic N) is 1. The number of morpholine rings is 1. The van der Waals surface area contributed by atoms with Crippen LogP contribution in [-0.2, 0) is 14.2 Å². The lowest BCUT2D eigenvalue weighted by atomic mass is 9.83. The monoisotopic (exact) mass is 398 g/mol. The Balaban J connectivity index is 1.60. The summed E-state index contributed by atoms with van der Waals surface area (Å²) in [6, 6.07) is -0.0493. The van der Waals surface area contributed by atoms with E-state index in [-0.39, 0.29) is 18.1 Å². The second kappa shape index (κ2) is 11.6. The molecule has 28 heavy (non-hydrogen) atoms. The topological polar surface area (TPSA) is 83.4 Å². The van der Waals surface area contributed by atoms with Crippen LogP contribution in [0, 0.1) is 11.8 Å². The molecule has 0 radical (unpaired) electrons. The second-order valence-corrected chi connectivity index (χ2v) is 8.38. The van der Waals surface area contributed by atoms with E-state index in [0.29, 0.717) is 45.4 Å². The van der Waals surface area contributed by atoms with Crippen molar-refractivity contribution in [3.05, 3.63) is 12.2 Å². The summed E-state index contributed by atoms with van der Waals surface area (Å²) in [6.07, 6.45) is 8.00. The molecule has 7 heteroatoms. The van der Waals surface area contributed by atoms with Crippen LogP contribution in [0.3, 0.4) is 0 Å². The molecule has 2 fully saturated rings. The smallest absolute Gasteiger partial charge is 0.108 e. The fraction of sp³-hybridized carbons (Fsp3) is 0.905. The van der Waals surface area contributed by atoms with Gasteiger partial charge in [0.2, 0.25) is 0 Å². The lowest BCUT2D eigenvalue weighted by Crippen LogP contribution is -2.52. The van der Waals surface area contributed by atoms with E-state index < -0.39 is 12.5 Å². The molecule has 3 N–H and O–H groups in total. The van der Waals surface area contributed by atoms with Crippen molar-refractivity contribution in [1.82, 2.24) is 10.2 Å². The van der Waals surface area contributed by atoms with Gasteiger partial charge < -0.3 is 24.4 Å². The summed E-state index contributed by atoms with van der Waals surface area (Å²) in [5.74, 6) is 0.534. The van der Waals surface area contributed by atoms with E-state index in [4.69, 9.17) is 14.2 Å². The highest BCUT2D eigenvalue weighted by Crippen LogP contribution is 2.29. The van der Waals surface area contributed by atoms with E-state index in [1.165, 1.54) is 0 Å². The number of aliphatic hydroxyl groups excluding tert-OH is 2. The number of nitrogens with one attached hydrogen (secondary N) is 1. The maximum atomic E-state index is 11.1. The van der Waals surface area contributed by atoms with Crippen LogP contribution in [0.15, 0.2) is 12.2 Å². The molecular formula is C21H38N2O5. The molecule has 0 spiro atoms. The molecule has 2 heterocycles. The lowest BCUT2D eigenvalue weighted by Gasteiger charge is -2.37. The van der Waals surface area contributed by atoms with Gasteiger partial charge in [-0.15, -0.1) is 0 Å². The number of aliphatic hydroxyl groups is 2. The molecule has 3 rings (SSSR count). The Hall–Kier alpha value is -0.540. The highest BCUT2D eigenvalue weighted by molar-refractivity contribution is 4.91. The minimum absolute atomic E-state index is 0.0143. The van der Waals surface area contributed by atoms with Crippen LogP contribution in [0.1, 0.15) is 39.0 Å². The average Bonchev–Trinajstić information content (AvgIpc) is 2.93. The van der Waals surface area contributed by atoms with Crippen molar-refractivity contribution in [3.63, 3.8) is 0 Å². The zero-order valence-corrected chi connectivity index (χ0v) is 17.2. The van der Waals surface area contributed by atoms with Gasteiger partial charge >= 0.3 is 0 Å². The Bertz CT molecular complexity index is 472. The molecule has 6 atom stereocenters. The van der Waals surface area contributed by atoms with Gasteiger partial charge in [0.15, 0.2) is 0 Å². The molecule has 3 aliphatic rings. The Kier molecular flexibility index (Phi) is 9.17. The Morgan fingerprint density at radius 3 is 2.68 bits per heavy atom. The second-order valence-electron chi connectivity index (χ2n) is 8.38. The van der Waals surface area contributed by atoms with Crippen molar-refractivity contribution in [2.24, 2.45) is 11.8 Å². The lowest BCUT2D eigenvalue weighted by molar-refractivity contribution is -0.0834. The van der Waals surface area contributed by atoms with Gasteiger partial charge in [0.1, 0.15) is 12.5 Å². The van der Waals surface area contributed by atoms with Gasteiger partial charge in [-0.05, 0) is 44.9 Å². The van der Waals surface area contributed by atoms with Crippen LogP contribution >= 0.6 is 0 Å². The fourth-order valence-electron chi connectivity index (χ4n) is 4.44. The van der Waals surface area contributed by atoms with Crippen LogP contribution in [0.5, 0.6) is 0 Å². The summed E-state index contributed by atoms with van der Waals surface area (Å²) < 4.78 is 16.7. The average molecular weight is 399 g/mol. The van der Waals surface area contributed by atoms with Crippen molar-refractivity contribution < 1.29 is 24.4 Å². The van der Waals surface area contributed by atoms with Gasteiger partial charge in [0.05, 0.1) is 45.2 Å². The van der Waals surface area contributed by atoms with E-state index in [1.807, 2.05) is 6.92 Å². The third-order valence-electron chi connectivity index (χ3n) is 6.30. The first kappa shape index (κ1) is 22.2. The van der Waals surface area contributed by atoms with Gasteiger partial charge in [-0.3, -0.25) is 10.2 Å². The Morgan fingerprint density at radius 1 is 1.11 bits per heavy atom. The molecule has 0 aromatic heterocycles. The molecule has 0 aromatic carbocycles. The third kappa shape index (κ3) is 6.76. The maximum absolute atomic E-state index is 11.1. The quantitative estimate of drug-likeness (QED) is 0.417. The predicted octanol–water partition coefficient (Wildman–Crippen LogP) is 1.10. The molecule has 0 aromatic rings. The molecule has 7 nitrogen and oxygen atoms in total. The van der Waals surface area contributed by atoms with E-state index in [9.17, 15) is 10.2 Å². The molecule has 0 saturated carbocycles. The number of allylic oxidation sites excluding steroid dienone is 2. The van der Waals surface area contributed by atoms with Gasteiger partial charge in [-0.2, -0.15) is 0 Å². The zero-order valence-electron chi connectivity index (χ0n) is 17.2. The Labute approximate surface area is 169 Å². The standard InChI is InChI=1S/C21H38N2O5/c1-16-19(15-27-11-12-28-16)22-21(25)18(13-17-5-3-2-4-6-17)14-20(24)23-7-9-26-10-8-23/h2-3,16-22,24-25H,4-15H2,1H3/t16-,17?,18+,19-,20?,21?/m0/s1. The van der Waals surface area contributed by atoms with Crippen LogP contribution < -0.4 is 5.32 Å². The van der Waals surface area contributed by atoms with Gasteiger partial charge in [-0.25, -0.2) is 0 Å². The van der Waals surface area contributed by atoms with E-state index in [1.54, 1.807) is 0 Å². The summed E-state index contributed by atoms with van der Waals surface area (Å²) in [5.41, 5.74) is 0. The minimum Gasteiger partial charge on any atom is -0.379 e. The SMILES string of the molecule is C[C@@H]1OCCOC[C@@H]1NC(O)[C@H](CC1CC=CCC1)CC(O)N1CCOCC1. The van der Waals surface area contributed by atoms with Crippen LogP contribution in [-0.4, -0.2) is 85.8 Å². The van der Waals surface area contributed by atoms with Crippen molar-refractivity contribution >= 4 is 0 Å². The fourth-order valence-corrected chi connectivity index (χ4v) is 4.44. The maximum Gasteiger partial charge on any atom is 0.108 e. The summed E-state index contributed by atoms with van der Waals surface area (Å²) >= 11 is 0. The first-order valence-corrected chi connectivity index (χ1v) is 10.9. The summed E-state index contributed by atoms with van der Waals surface area (Å²) in [4.78, 5) is 2.06. The van der Waals surface area contributed by atoms with Crippen LogP contribution in [0.25, 0.3) is 0 Å².